The molecule has 1 rings (SSSR count). The first-order chi connectivity index (χ1) is 6.59. The maximum absolute atomic E-state index is 11.4. The fourth-order valence-electron chi connectivity index (χ4n) is 1.70. The molecular weight excluding hydrogens is 178 g/mol. The highest BCUT2D eigenvalue weighted by atomic mass is 16.3. The topological polar surface area (TPSA) is 40.5 Å². The molecule has 0 spiro atoms. The maximum atomic E-state index is 11.4. The zero-order valence-electron chi connectivity index (χ0n) is 9.20. The number of piperidine rings is 1. The lowest BCUT2D eigenvalue weighted by Crippen LogP contribution is -2.37. The maximum Gasteiger partial charge on any atom is 0.136 e. The summed E-state index contributed by atoms with van der Waals surface area (Å²) in [6.45, 7) is 6.63. The molecule has 0 aromatic heterocycles. The van der Waals surface area contributed by atoms with Crippen LogP contribution in [0.15, 0.2) is 0 Å². The van der Waals surface area contributed by atoms with Gasteiger partial charge in [0.15, 0.2) is 0 Å². The molecule has 0 saturated carbocycles. The SMILES string of the molecule is CC(C)C(=O)CCN1CCC(O)CC1. The van der Waals surface area contributed by atoms with Gasteiger partial charge in [0.25, 0.3) is 0 Å². The van der Waals surface area contributed by atoms with Crippen LogP contribution in [0.3, 0.4) is 0 Å². The van der Waals surface area contributed by atoms with Crippen LogP contribution in [0, 0.1) is 5.92 Å². The van der Waals surface area contributed by atoms with E-state index in [1.165, 1.54) is 0 Å². The fourth-order valence-corrected chi connectivity index (χ4v) is 1.70. The van der Waals surface area contributed by atoms with Gasteiger partial charge in [0, 0.05) is 32.0 Å². The molecule has 14 heavy (non-hydrogen) atoms. The third-order valence-corrected chi connectivity index (χ3v) is 2.88. The number of nitrogens with zero attached hydrogens (tertiary/aromatic N) is 1. The molecular formula is C11H21NO2. The molecule has 0 aromatic carbocycles. The minimum Gasteiger partial charge on any atom is -0.393 e. The van der Waals surface area contributed by atoms with Crippen LogP contribution in [0.4, 0.5) is 0 Å². The number of Topliss-reactive ketones (excluding diaryl/α,β-unsaturated/α-hetero) is 1. The smallest absolute Gasteiger partial charge is 0.136 e. The van der Waals surface area contributed by atoms with Gasteiger partial charge >= 0.3 is 0 Å². The first kappa shape index (κ1) is 11.7. The van der Waals surface area contributed by atoms with Crippen molar-refractivity contribution < 1.29 is 9.90 Å². The van der Waals surface area contributed by atoms with Crippen LogP contribution < -0.4 is 0 Å². The van der Waals surface area contributed by atoms with Crippen LogP contribution in [-0.2, 0) is 4.79 Å². The number of aliphatic hydroxyl groups is 1. The molecule has 0 radical (unpaired) electrons. The van der Waals surface area contributed by atoms with Gasteiger partial charge in [-0.05, 0) is 12.8 Å². The Hall–Kier alpha value is -0.410. The minimum absolute atomic E-state index is 0.118. The predicted molar refractivity (Wildman–Crippen MR) is 56.1 cm³/mol. The Morgan fingerprint density at radius 1 is 1.43 bits per heavy atom. The lowest BCUT2D eigenvalue weighted by Gasteiger charge is -2.29. The van der Waals surface area contributed by atoms with Gasteiger partial charge < -0.3 is 10.0 Å². The summed E-state index contributed by atoms with van der Waals surface area (Å²) < 4.78 is 0. The van der Waals surface area contributed by atoms with Gasteiger partial charge in [-0.15, -0.1) is 0 Å². The Balaban J connectivity index is 2.16. The Kier molecular flexibility index (Phi) is 4.55. The van der Waals surface area contributed by atoms with Crippen molar-refractivity contribution in [3.05, 3.63) is 0 Å². The first-order valence-electron chi connectivity index (χ1n) is 5.52. The highest BCUT2D eigenvalue weighted by molar-refractivity contribution is 5.80. The second kappa shape index (κ2) is 5.47. The zero-order valence-corrected chi connectivity index (χ0v) is 9.20. The van der Waals surface area contributed by atoms with Crippen LogP contribution in [0.25, 0.3) is 0 Å². The average molecular weight is 199 g/mol. The third kappa shape index (κ3) is 3.76. The lowest BCUT2D eigenvalue weighted by atomic mass is 10.0. The summed E-state index contributed by atoms with van der Waals surface area (Å²) in [5.74, 6) is 0.501. The van der Waals surface area contributed by atoms with Crippen LogP contribution in [-0.4, -0.2) is 41.5 Å². The highest BCUT2D eigenvalue weighted by Crippen LogP contribution is 2.10. The third-order valence-electron chi connectivity index (χ3n) is 2.88. The molecule has 1 heterocycles. The van der Waals surface area contributed by atoms with Crippen molar-refractivity contribution in [1.82, 2.24) is 4.90 Å². The van der Waals surface area contributed by atoms with Gasteiger partial charge in [0.1, 0.15) is 5.78 Å². The van der Waals surface area contributed by atoms with Gasteiger partial charge in [-0.2, -0.15) is 0 Å². The standard InChI is InChI=1S/C11H21NO2/c1-9(2)11(14)5-8-12-6-3-10(13)4-7-12/h9-10,13H,3-8H2,1-2H3. The molecule has 82 valence electrons. The molecule has 0 bridgehead atoms. The van der Waals surface area contributed by atoms with Gasteiger partial charge in [0.05, 0.1) is 6.10 Å². The molecule has 1 N–H and O–H groups in total. The second-order valence-corrected chi connectivity index (χ2v) is 4.44. The molecule has 1 fully saturated rings. The minimum atomic E-state index is -0.118. The van der Waals surface area contributed by atoms with Crippen molar-refractivity contribution in [2.24, 2.45) is 5.92 Å². The average Bonchev–Trinajstić information content (AvgIpc) is 2.16. The molecule has 1 aliphatic heterocycles. The van der Waals surface area contributed by atoms with Crippen molar-refractivity contribution in [1.29, 1.82) is 0 Å². The van der Waals surface area contributed by atoms with Crippen LogP contribution >= 0.6 is 0 Å². The van der Waals surface area contributed by atoms with E-state index in [-0.39, 0.29) is 12.0 Å². The largest absolute Gasteiger partial charge is 0.393 e. The van der Waals surface area contributed by atoms with Crippen LogP contribution in [0.5, 0.6) is 0 Å². The summed E-state index contributed by atoms with van der Waals surface area (Å²) in [5, 5.41) is 9.30. The number of rotatable bonds is 4. The summed E-state index contributed by atoms with van der Waals surface area (Å²) in [6.07, 6.45) is 2.26. The van der Waals surface area contributed by atoms with Crippen LogP contribution in [0.2, 0.25) is 0 Å². The van der Waals surface area contributed by atoms with E-state index in [0.29, 0.717) is 12.2 Å². The molecule has 0 unspecified atom stereocenters. The summed E-state index contributed by atoms with van der Waals surface area (Å²) >= 11 is 0. The summed E-state index contributed by atoms with van der Waals surface area (Å²) in [7, 11) is 0. The van der Waals surface area contributed by atoms with Crippen molar-refractivity contribution in [3.8, 4) is 0 Å². The lowest BCUT2D eigenvalue weighted by molar-refractivity contribution is -0.122. The van der Waals surface area contributed by atoms with Crippen molar-refractivity contribution in [2.45, 2.75) is 39.2 Å². The van der Waals surface area contributed by atoms with E-state index < -0.39 is 0 Å². The Morgan fingerprint density at radius 3 is 2.50 bits per heavy atom. The fraction of sp³-hybridized carbons (Fsp3) is 0.909. The number of hydrogen-bond acceptors (Lipinski definition) is 3. The molecule has 3 nitrogen and oxygen atoms in total. The van der Waals surface area contributed by atoms with E-state index in [4.69, 9.17) is 0 Å². The molecule has 3 heteroatoms. The number of ketones is 1. The van der Waals surface area contributed by atoms with Gasteiger partial charge in [-0.25, -0.2) is 0 Å². The van der Waals surface area contributed by atoms with E-state index in [9.17, 15) is 9.90 Å². The van der Waals surface area contributed by atoms with Gasteiger partial charge in [-0.3, -0.25) is 4.79 Å². The molecule has 1 saturated heterocycles. The zero-order chi connectivity index (χ0) is 10.6. The Morgan fingerprint density at radius 2 is 2.00 bits per heavy atom. The van der Waals surface area contributed by atoms with E-state index in [1.54, 1.807) is 0 Å². The summed E-state index contributed by atoms with van der Waals surface area (Å²) in [4.78, 5) is 13.6. The number of carbonyl (C=O) groups is 1. The molecule has 1 aliphatic rings. The first-order valence-corrected chi connectivity index (χ1v) is 5.52. The number of hydrogen-bond donors (Lipinski definition) is 1. The van der Waals surface area contributed by atoms with E-state index >= 15 is 0 Å². The van der Waals surface area contributed by atoms with E-state index in [0.717, 1.165) is 32.5 Å². The van der Waals surface area contributed by atoms with E-state index in [2.05, 4.69) is 4.90 Å². The number of likely N-dealkylation sites (tertiary alicyclic amines) is 1. The van der Waals surface area contributed by atoms with Gasteiger partial charge in [0.2, 0.25) is 0 Å². The number of aliphatic hydroxyl groups excluding tert-OH is 1. The van der Waals surface area contributed by atoms with Crippen molar-refractivity contribution in [2.75, 3.05) is 19.6 Å². The molecule has 0 aromatic rings. The molecule has 0 amide bonds. The highest BCUT2D eigenvalue weighted by Gasteiger charge is 2.17. The monoisotopic (exact) mass is 199 g/mol. The Bertz CT molecular complexity index is 184. The van der Waals surface area contributed by atoms with Crippen LogP contribution in [0.1, 0.15) is 33.1 Å². The summed E-state index contributed by atoms with van der Waals surface area (Å²) in [5.41, 5.74) is 0. The normalized spacial score (nSPS) is 20.3. The summed E-state index contributed by atoms with van der Waals surface area (Å²) in [6, 6.07) is 0. The van der Waals surface area contributed by atoms with E-state index in [1.807, 2.05) is 13.8 Å². The molecule has 0 atom stereocenters. The van der Waals surface area contributed by atoms with Gasteiger partial charge in [-0.1, -0.05) is 13.8 Å². The Labute approximate surface area is 86.1 Å². The second-order valence-electron chi connectivity index (χ2n) is 4.44. The van der Waals surface area contributed by atoms with Crippen molar-refractivity contribution >= 4 is 5.78 Å². The number of carbonyl (C=O) groups excluding carboxylic acids is 1. The van der Waals surface area contributed by atoms with Crippen molar-refractivity contribution in [3.63, 3.8) is 0 Å². The molecule has 0 aliphatic carbocycles. The predicted octanol–water partition coefficient (Wildman–Crippen LogP) is 1.06. The quantitative estimate of drug-likeness (QED) is 0.736.